The number of carbonyl (C=O) groups excluding carboxylic acids is 2. The van der Waals surface area contributed by atoms with Crippen LogP contribution < -0.4 is 10.6 Å². The smallest absolute Gasteiger partial charge is 0.320 e. The SMILES string of the molecule is O=C(N[C@H]1CCN(C(=O)N2CCC(NCCCc3ccccc3)C2)C1)c1ccc(-c2ccccc2)cc1. The fourth-order valence-corrected chi connectivity index (χ4v) is 5.31. The number of hydrogen-bond donors (Lipinski definition) is 2. The Bertz CT molecular complexity index is 1170. The first kappa shape index (κ1) is 25.0. The van der Waals surface area contributed by atoms with E-state index in [4.69, 9.17) is 0 Å². The van der Waals surface area contributed by atoms with Gasteiger partial charge in [0.15, 0.2) is 0 Å². The van der Waals surface area contributed by atoms with Gasteiger partial charge in [-0.2, -0.15) is 0 Å². The summed E-state index contributed by atoms with van der Waals surface area (Å²) in [5.74, 6) is -0.0835. The van der Waals surface area contributed by atoms with Crippen LogP contribution in [0.15, 0.2) is 84.9 Å². The van der Waals surface area contributed by atoms with Gasteiger partial charge in [0.05, 0.1) is 0 Å². The van der Waals surface area contributed by atoms with Crippen LogP contribution in [0.25, 0.3) is 11.1 Å². The lowest BCUT2D eigenvalue weighted by Gasteiger charge is -2.24. The van der Waals surface area contributed by atoms with Crippen LogP contribution >= 0.6 is 0 Å². The van der Waals surface area contributed by atoms with E-state index in [0.29, 0.717) is 24.7 Å². The van der Waals surface area contributed by atoms with Crippen molar-refractivity contribution in [3.63, 3.8) is 0 Å². The summed E-state index contributed by atoms with van der Waals surface area (Å²) < 4.78 is 0. The molecular weight excluding hydrogens is 460 g/mol. The average Bonchev–Trinajstić information content (AvgIpc) is 3.62. The molecule has 2 fully saturated rings. The normalized spacial score (nSPS) is 19.2. The zero-order chi connectivity index (χ0) is 25.5. The molecule has 0 aromatic heterocycles. The van der Waals surface area contributed by atoms with Crippen LogP contribution in [0.4, 0.5) is 4.79 Å². The van der Waals surface area contributed by atoms with Crippen molar-refractivity contribution < 1.29 is 9.59 Å². The number of aryl methyl sites for hydroxylation is 1. The zero-order valence-corrected chi connectivity index (χ0v) is 21.3. The van der Waals surface area contributed by atoms with E-state index in [1.807, 2.05) is 58.3 Å². The number of nitrogens with one attached hydrogen (secondary N) is 2. The summed E-state index contributed by atoms with van der Waals surface area (Å²) in [5, 5.41) is 6.75. The van der Waals surface area contributed by atoms with Gasteiger partial charge < -0.3 is 20.4 Å². The molecule has 0 aliphatic carbocycles. The molecule has 5 rings (SSSR count). The first-order valence-electron chi connectivity index (χ1n) is 13.4. The van der Waals surface area contributed by atoms with Crippen LogP contribution in [0.3, 0.4) is 0 Å². The molecule has 37 heavy (non-hydrogen) atoms. The molecule has 0 bridgehead atoms. The molecule has 6 heteroatoms. The van der Waals surface area contributed by atoms with Crippen molar-refractivity contribution in [2.24, 2.45) is 0 Å². The predicted octanol–water partition coefficient (Wildman–Crippen LogP) is 4.57. The Kier molecular flexibility index (Phi) is 8.16. The third kappa shape index (κ3) is 6.57. The summed E-state index contributed by atoms with van der Waals surface area (Å²) in [5.41, 5.74) is 4.23. The largest absolute Gasteiger partial charge is 0.347 e. The topological polar surface area (TPSA) is 64.7 Å². The van der Waals surface area contributed by atoms with Gasteiger partial charge in [0.2, 0.25) is 0 Å². The fourth-order valence-electron chi connectivity index (χ4n) is 5.31. The molecule has 192 valence electrons. The van der Waals surface area contributed by atoms with E-state index in [0.717, 1.165) is 56.4 Å². The quantitative estimate of drug-likeness (QED) is 0.449. The maximum absolute atomic E-state index is 13.1. The standard InChI is InChI=1S/C31H36N4O2/c36-30(27-15-13-26(14-16-27)25-11-5-2-6-12-25)33-29-18-21-35(23-29)31(37)34-20-17-28(22-34)32-19-7-10-24-8-3-1-4-9-24/h1-6,8-9,11-16,28-29,32H,7,10,17-23H2,(H,33,36)/t28?,29-/m0/s1. The number of benzene rings is 3. The van der Waals surface area contributed by atoms with E-state index in [9.17, 15) is 9.59 Å². The number of hydrogen-bond acceptors (Lipinski definition) is 3. The third-order valence-corrected chi connectivity index (χ3v) is 7.43. The summed E-state index contributed by atoms with van der Waals surface area (Å²) in [6.45, 7) is 3.76. The summed E-state index contributed by atoms with van der Waals surface area (Å²) in [6, 6.07) is 28.8. The van der Waals surface area contributed by atoms with Gasteiger partial charge in [-0.15, -0.1) is 0 Å². The molecule has 3 aromatic rings. The molecule has 6 nitrogen and oxygen atoms in total. The van der Waals surface area contributed by atoms with E-state index in [-0.39, 0.29) is 18.0 Å². The molecule has 2 N–H and O–H groups in total. The number of carbonyl (C=O) groups is 2. The van der Waals surface area contributed by atoms with Crippen molar-refractivity contribution >= 4 is 11.9 Å². The zero-order valence-electron chi connectivity index (χ0n) is 21.3. The van der Waals surface area contributed by atoms with Crippen molar-refractivity contribution in [2.45, 2.75) is 37.8 Å². The molecule has 0 saturated carbocycles. The molecule has 0 spiro atoms. The second kappa shape index (κ2) is 12.1. The van der Waals surface area contributed by atoms with Crippen molar-refractivity contribution in [3.8, 4) is 11.1 Å². The van der Waals surface area contributed by atoms with Crippen molar-refractivity contribution in [1.29, 1.82) is 0 Å². The number of nitrogens with zero attached hydrogens (tertiary/aromatic N) is 2. The van der Waals surface area contributed by atoms with Crippen LogP contribution in [0.2, 0.25) is 0 Å². The maximum atomic E-state index is 13.1. The van der Waals surface area contributed by atoms with Gasteiger partial charge in [0, 0.05) is 43.8 Å². The molecule has 2 aliphatic rings. The highest BCUT2D eigenvalue weighted by Crippen LogP contribution is 2.20. The van der Waals surface area contributed by atoms with E-state index in [2.05, 4.69) is 47.0 Å². The van der Waals surface area contributed by atoms with Gasteiger partial charge >= 0.3 is 6.03 Å². The van der Waals surface area contributed by atoms with E-state index in [1.165, 1.54) is 5.56 Å². The van der Waals surface area contributed by atoms with Crippen LogP contribution in [0.5, 0.6) is 0 Å². The molecule has 2 atom stereocenters. The maximum Gasteiger partial charge on any atom is 0.320 e. The fraction of sp³-hybridized carbons (Fsp3) is 0.355. The molecule has 2 aliphatic heterocycles. The Morgan fingerprint density at radius 1 is 0.730 bits per heavy atom. The van der Waals surface area contributed by atoms with Crippen molar-refractivity contribution in [2.75, 3.05) is 32.7 Å². The molecule has 0 radical (unpaired) electrons. The first-order chi connectivity index (χ1) is 18.2. The van der Waals surface area contributed by atoms with Crippen LogP contribution in [-0.2, 0) is 6.42 Å². The number of urea groups is 1. The van der Waals surface area contributed by atoms with Gasteiger partial charge in [-0.1, -0.05) is 72.8 Å². The molecule has 2 heterocycles. The second-order valence-corrected chi connectivity index (χ2v) is 10.1. The third-order valence-electron chi connectivity index (χ3n) is 7.43. The van der Waals surface area contributed by atoms with Crippen molar-refractivity contribution in [3.05, 3.63) is 96.1 Å². The number of likely N-dealkylation sites (tertiary alicyclic amines) is 2. The van der Waals surface area contributed by atoms with Gasteiger partial charge in [-0.25, -0.2) is 4.79 Å². The lowest BCUT2D eigenvalue weighted by Crippen LogP contribution is -2.44. The van der Waals surface area contributed by atoms with E-state index >= 15 is 0 Å². The average molecular weight is 497 g/mol. The summed E-state index contributed by atoms with van der Waals surface area (Å²) >= 11 is 0. The Labute approximate surface area is 219 Å². The summed E-state index contributed by atoms with van der Waals surface area (Å²) in [7, 11) is 0. The molecule has 1 unspecified atom stereocenters. The Morgan fingerprint density at radius 2 is 1.32 bits per heavy atom. The molecular formula is C31H36N4O2. The molecule has 2 saturated heterocycles. The predicted molar refractivity (Wildman–Crippen MR) is 147 cm³/mol. The lowest BCUT2D eigenvalue weighted by molar-refractivity contribution is 0.0937. The highest BCUT2D eigenvalue weighted by Gasteiger charge is 2.33. The van der Waals surface area contributed by atoms with Crippen LogP contribution in [0, 0.1) is 0 Å². The van der Waals surface area contributed by atoms with Gasteiger partial charge in [0.1, 0.15) is 0 Å². The molecule has 3 aromatic carbocycles. The summed E-state index contributed by atoms with van der Waals surface area (Å²) in [4.78, 5) is 29.7. The van der Waals surface area contributed by atoms with Gasteiger partial charge in [0.25, 0.3) is 5.91 Å². The highest BCUT2D eigenvalue weighted by molar-refractivity contribution is 5.95. The Hall–Kier alpha value is -3.64. The number of amides is 3. The van der Waals surface area contributed by atoms with Crippen LogP contribution in [-0.4, -0.2) is 66.5 Å². The molecule has 3 amide bonds. The summed E-state index contributed by atoms with van der Waals surface area (Å²) in [6.07, 6.45) is 3.94. The number of rotatable bonds is 8. The van der Waals surface area contributed by atoms with Gasteiger partial charge in [-0.05, 0) is 61.1 Å². The lowest BCUT2D eigenvalue weighted by atomic mass is 10.0. The van der Waals surface area contributed by atoms with Crippen LogP contribution in [0.1, 0.15) is 35.2 Å². The Morgan fingerprint density at radius 3 is 2.03 bits per heavy atom. The Balaban J connectivity index is 1.03. The minimum Gasteiger partial charge on any atom is -0.347 e. The van der Waals surface area contributed by atoms with Crippen molar-refractivity contribution in [1.82, 2.24) is 20.4 Å². The van der Waals surface area contributed by atoms with E-state index < -0.39 is 0 Å². The minimum absolute atomic E-state index is 0.0141. The van der Waals surface area contributed by atoms with E-state index in [1.54, 1.807) is 0 Å². The first-order valence-corrected chi connectivity index (χ1v) is 13.4. The highest BCUT2D eigenvalue weighted by atomic mass is 16.2. The monoisotopic (exact) mass is 496 g/mol. The second-order valence-electron chi connectivity index (χ2n) is 10.1. The van der Waals surface area contributed by atoms with Gasteiger partial charge in [-0.3, -0.25) is 4.79 Å². The minimum atomic E-state index is -0.0835.